The van der Waals surface area contributed by atoms with Crippen LogP contribution in [0.4, 0.5) is 0 Å². The number of methoxy groups -OCH3 is 1. The highest BCUT2D eigenvalue weighted by molar-refractivity contribution is 6.39. The average molecular weight is 339 g/mol. The Morgan fingerprint density at radius 2 is 1.95 bits per heavy atom. The van der Waals surface area contributed by atoms with Crippen LogP contribution >= 0.6 is 23.2 Å². The van der Waals surface area contributed by atoms with Crippen molar-refractivity contribution in [1.29, 1.82) is 0 Å². The van der Waals surface area contributed by atoms with Gasteiger partial charge in [-0.15, -0.1) is 0 Å². The number of allylic oxidation sites excluding steroid dienone is 1. The highest BCUT2D eigenvalue weighted by Gasteiger charge is 2.23. The molecule has 1 heterocycles. The van der Waals surface area contributed by atoms with Gasteiger partial charge >= 0.3 is 0 Å². The highest BCUT2D eigenvalue weighted by Crippen LogP contribution is 2.34. The molecule has 0 N–H and O–H groups in total. The molecule has 1 unspecified atom stereocenters. The second-order valence-electron chi connectivity index (χ2n) is 4.78. The fourth-order valence-corrected chi connectivity index (χ4v) is 2.85. The van der Waals surface area contributed by atoms with E-state index >= 15 is 0 Å². The number of carbonyl (C=O) groups is 1. The van der Waals surface area contributed by atoms with Gasteiger partial charge in [0, 0.05) is 35.1 Å². The van der Waals surface area contributed by atoms with Gasteiger partial charge in [0.05, 0.1) is 12.0 Å². The molecular weight excluding hydrogens is 323 g/mol. The number of benzene rings is 1. The molecule has 22 heavy (non-hydrogen) atoms. The minimum Gasteiger partial charge on any atom is -0.374 e. The maximum Gasteiger partial charge on any atom is 0.208 e. The number of Topliss-reactive ketones (excluding diaryl/α,β-unsaturated/α-hetero) is 1. The SMILES string of the molecule is COC(C)C(=O)C(=C(C)c1c(Cl)cccc1Cl)n1ccnc1. The first kappa shape index (κ1) is 16.7. The van der Waals surface area contributed by atoms with E-state index in [2.05, 4.69) is 4.98 Å². The topological polar surface area (TPSA) is 44.1 Å². The first-order valence-corrected chi connectivity index (χ1v) is 7.43. The van der Waals surface area contributed by atoms with Crippen molar-refractivity contribution in [2.45, 2.75) is 20.0 Å². The Labute approximate surface area is 139 Å². The van der Waals surface area contributed by atoms with Crippen LogP contribution in [-0.4, -0.2) is 28.5 Å². The van der Waals surface area contributed by atoms with Crippen molar-refractivity contribution in [3.63, 3.8) is 0 Å². The summed E-state index contributed by atoms with van der Waals surface area (Å²) in [6.07, 6.45) is 4.27. The van der Waals surface area contributed by atoms with E-state index < -0.39 is 6.10 Å². The first-order valence-electron chi connectivity index (χ1n) is 6.68. The molecule has 2 rings (SSSR count). The van der Waals surface area contributed by atoms with E-state index in [1.807, 2.05) is 6.92 Å². The number of halogens is 2. The Morgan fingerprint density at radius 1 is 1.32 bits per heavy atom. The van der Waals surface area contributed by atoms with Gasteiger partial charge in [-0.25, -0.2) is 4.98 Å². The molecule has 2 aromatic rings. The van der Waals surface area contributed by atoms with Gasteiger partial charge in [-0.1, -0.05) is 29.3 Å². The zero-order valence-electron chi connectivity index (χ0n) is 12.5. The van der Waals surface area contributed by atoms with E-state index in [-0.39, 0.29) is 5.78 Å². The van der Waals surface area contributed by atoms with Crippen LogP contribution in [0.15, 0.2) is 36.9 Å². The fraction of sp³-hybridized carbons (Fsp3) is 0.250. The molecule has 0 aliphatic carbocycles. The van der Waals surface area contributed by atoms with E-state index in [0.717, 1.165) is 0 Å². The molecule has 6 heteroatoms. The Balaban J connectivity index is 2.69. The van der Waals surface area contributed by atoms with Crippen molar-refractivity contribution in [3.05, 3.63) is 52.5 Å². The second kappa shape index (κ2) is 7.09. The quantitative estimate of drug-likeness (QED) is 0.768. The summed E-state index contributed by atoms with van der Waals surface area (Å²) in [4.78, 5) is 16.7. The van der Waals surface area contributed by atoms with Gasteiger partial charge in [-0.3, -0.25) is 4.79 Å². The van der Waals surface area contributed by atoms with Gasteiger partial charge in [-0.2, -0.15) is 0 Å². The van der Waals surface area contributed by atoms with Crippen LogP contribution in [0.5, 0.6) is 0 Å². The zero-order valence-corrected chi connectivity index (χ0v) is 14.0. The van der Waals surface area contributed by atoms with Crippen molar-refractivity contribution in [3.8, 4) is 0 Å². The maximum atomic E-state index is 12.7. The minimum absolute atomic E-state index is 0.172. The number of ether oxygens (including phenoxy) is 1. The van der Waals surface area contributed by atoms with Crippen molar-refractivity contribution in [2.24, 2.45) is 0 Å². The maximum absolute atomic E-state index is 12.7. The van der Waals surface area contributed by atoms with Gasteiger partial charge in [0.2, 0.25) is 5.78 Å². The molecule has 0 spiro atoms. The Hall–Kier alpha value is -1.62. The number of hydrogen-bond donors (Lipinski definition) is 0. The normalized spacial score (nSPS) is 13.7. The predicted octanol–water partition coefficient (Wildman–Crippen LogP) is 4.18. The van der Waals surface area contributed by atoms with E-state index in [0.29, 0.717) is 26.9 Å². The largest absolute Gasteiger partial charge is 0.374 e. The van der Waals surface area contributed by atoms with Crippen LogP contribution in [0.1, 0.15) is 19.4 Å². The molecule has 1 aromatic carbocycles. The molecule has 4 nitrogen and oxygen atoms in total. The number of rotatable bonds is 5. The van der Waals surface area contributed by atoms with E-state index in [9.17, 15) is 4.79 Å². The molecule has 0 radical (unpaired) electrons. The van der Waals surface area contributed by atoms with Crippen LogP contribution < -0.4 is 0 Å². The number of ketones is 1. The molecule has 0 amide bonds. The Kier molecular flexibility index (Phi) is 5.40. The number of aromatic nitrogens is 2. The van der Waals surface area contributed by atoms with Crippen molar-refractivity contribution >= 4 is 40.3 Å². The lowest BCUT2D eigenvalue weighted by Crippen LogP contribution is -2.23. The van der Waals surface area contributed by atoms with Crippen LogP contribution in [0.2, 0.25) is 10.0 Å². The third-order valence-electron chi connectivity index (χ3n) is 3.41. The smallest absolute Gasteiger partial charge is 0.208 e. The van der Waals surface area contributed by atoms with Gasteiger partial charge < -0.3 is 9.30 Å². The molecule has 0 saturated carbocycles. The highest BCUT2D eigenvalue weighted by atomic mass is 35.5. The summed E-state index contributed by atoms with van der Waals surface area (Å²) in [6.45, 7) is 3.50. The van der Waals surface area contributed by atoms with Crippen LogP contribution in [0, 0.1) is 0 Å². The van der Waals surface area contributed by atoms with Gasteiger partial charge in [0.15, 0.2) is 0 Å². The first-order chi connectivity index (χ1) is 10.5. The second-order valence-corrected chi connectivity index (χ2v) is 5.60. The molecule has 1 atom stereocenters. The van der Waals surface area contributed by atoms with Gasteiger partial charge in [0.1, 0.15) is 6.10 Å². The number of carbonyl (C=O) groups excluding carboxylic acids is 1. The van der Waals surface area contributed by atoms with Gasteiger partial charge in [0.25, 0.3) is 0 Å². The summed E-state index contributed by atoms with van der Waals surface area (Å²) in [5.74, 6) is -0.172. The Bertz CT molecular complexity index is 689. The molecule has 1 aromatic heterocycles. The number of hydrogen-bond acceptors (Lipinski definition) is 3. The standard InChI is InChI=1S/C16H16Cl2N2O2/c1-10(14-12(17)5-4-6-13(14)18)15(16(21)11(2)22-3)20-8-7-19-9-20/h4-9,11H,1-3H3. The monoisotopic (exact) mass is 338 g/mol. The van der Waals surface area contributed by atoms with Gasteiger partial charge in [-0.05, 0) is 31.6 Å². The summed E-state index contributed by atoms with van der Waals surface area (Å²) in [5, 5.41) is 0.973. The van der Waals surface area contributed by atoms with Crippen molar-refractivity contribution in [2.75, 3.05) is 7.11 Å². The van der Waals surface area contributed by atoms with Crippen molar-refractivity contribution < 1.29 is 9.53 Å². The lowest BCUT2D eigenvalue weighted by molar-refractivity contribution is -0.122. The average Bonchev–Trinajstić information content (AvgIpc) is 3.00. The minimum atomic E-state index is -0.589. The summed E-state index contributed by atoms with van der Waals surface area (Å²) in [5.41, 5.74) is 1.73. The molecule has 0 saturated heterocycles. The Morgan fingerprint density at radius 3 is 2.45 bits per heavy atom. The third-order valence-corrected chi connectivity index (χ3v) is 4.04. The zero-order chi connectivity index (χ0) is 16.3. The third kappa shape index (κ3) is 3.24. The summed E-state index contributed by atoms with van der Waals surface area (Å²) >= 11 is 12.5. The van der Waals surface area contributed by atoms with E-state index in [4.69, 9.17) is 27.9 Å². The van der Waals surface area contributed by atoms with Crippen LogP contribution in [0.25, 0.3) is 11.3 Å². The predicted molar refractivity (Wildman–Crippen MR) is 89.0 cm³/mol. The lowest BCUT2D eigenvalue weighted by atomic mass is 10.0. The van der Waals surface area contributed by atoms with Crippen LogP contribution in [-0.2, 0) is 9.53 Å². The summed E-state index contributed by atoms with van der Waals surface area (Å²) < 4.78 is 6.80. The van der Waals surface area contributed by atoms with Crippen molar-refractivity contribution in [1.82, 2.24) is 9.55 Å². The number of nitrogens with zero attached hydrogens (tertiary/aromatic N) is 2. The van der Waals surface area contributed by atoms with Crippen LogP contribution in [0.3, 0.4) is 0 Å². The molecule has 0 aliphatic heterocycles. The summed E-state index contributed by atoms with van der Waals surface area (Å²) in [6, 6.07) is 5.24. The molecule has 116 valence electrons. The molecule has 0 aliphatic rings. The fourth-order valence-electron chi connectivity index (χ4n) is 2.17. The van der Waals surface area contributed by atoms with E-state index in [1.54, 1.807) is 48.4 Å². The van der Waals surface area contributed by atoms with E-state index in [1.165, 1.54) is 7.11 Å². The molecule has 0 bridgehead atoms. The molecule has 0 fully saturated rings. The lowest BCUT2D eigenvalue weighted by Gasteiger charge is -2.17. The number of imidazole rings is 1. The summed E-state index contributed by atoms with van der Waals surface area (Å²) in [7, 11) is 1.49. The molecular formula is C16H16Cl2N2O2.